The Labute approximate surface area is 121 Å². The zero-order valence-corrected chi connectivity index (χ0v) is 12.2. The van der Waals surface area contributed by atoms with Crippen molar-refractivity contribution in [3.8, 4) is 0 Å². The van der Waals surface area contributed by atoms with Crippen molar-refractivity contribution in [2.24, 2.45) is 0 Å². The van der Waals surface area contributed by atoms with Gasteiger partial charge in [0.15, 0.2) is 0 Å². The van der Waals surface area contributed by atoms with E-state index in [9.17, 15) is 9.59 Å². The molecule has 0 atom stereocenters. The van der Waals surface area contributed by atoms with Gasteiger partial charge < -0.3 is 15.3 Å². The van der Waals surface area contributed by atoms with Gasteiger partial charge in [0.25, 0.3) is 0 Å². The summed E-state index contributed by atoms with van der Waals surface area (Å²) in [6.07, 6.45) is 10.5. The minimum Gasteiger partial charge on any atom is -0.481 e. The van der Waals surface area contributed by atoms with Crippen LogP contribution in [0.2, 0.25) is 0 Å². The Kier molecular flexibility index (Phi) is 12.2. The van der Waals surface area contributed by atoms with Gasteiger partial charge in [-0.15, -0.1) is 0 Å². The van der Waals surface area contributed by atoms with Crippen LogP contribution in [0.1, 0.15) is 77.0 Å². The van der Waals surface area contributed by atoms with Crippen molar-refractivity contribution in [2.75, 3.05) is 0 Å². The van der Waals surface area contributed by atoms with Crippen molar-refractivity contribution in [2.45, 2.75) is 83.2 Å². The van der Waals surface area contributed by atoms with Crippen LogP contribution in [0.5, 0.6) is 0 Å². The van der Waals surface area contributed by atoms with Crippen molar-refractivity contribution in [1.29, 1.82) is 0 Å². The summed E-state index contributed by atoms with van der Waals surface area (Å²) in [5.74, 6) is -1.52. The first-order valence-electron chi connectivity index (χ1n) is 7.64. The molecule has 0 heterocycles. The maximum atomic E-state index is 10.1. The van der Waals surface area contributed by atoms with Gasteiger partial charge in [-0.1, -0.05) is 38.5 Å². The molecule has 3 N–H and O–H groups in total. The summed E-state index contributed by atoms with van der Waals surface area (Å²) in [4.78, 5) is 20.2. The maximum Gasteiger partial charge on any atom is 0.303 e. The van der Waals surface area contributed by atoms with E-state index in [4.69, 9.17) is 15.3 Å². The monoisotopic (exact) mass is 288 g/mol. The van der Waals surface area contributed by atoms with Gasteiger partial charge in [-0.25, -0.2) is 0 Å². The van der Waals surface area contributed by atoms with Gasteiger partial charge in [0.05, 0.1) is 6.10 Å². The van der Waals surface area contributed by atoms with E-state index in [1.54, 1.807) is 0 Å². The van der Waals surface area contributed by atoms with E-state index in [1.807, 2.05) is 0 Å². The number of carboxylic acid groups (broad SMARTS) is 2. The molecule has 0 aromatic carbocycles. The van der Waals surface area contributed by atoms with Gasteiger partial charge in [-0.05, 0) is 25.7 Å². The minimum absolute atomic E-state index is 0.0359. The third-order valence-electron chi connectivity index (χ3n) is 3.36. The Balaban J connectivity index is 0.000000428. The lowest BCUT2D eigenvalue weighted by Crippen LogP contribution is -2.09. The largest absolute Gasteiger partial charge is 0.481 e. The molecule has 5 heteroatoms. The summed E-state index contributed by atoms with van der Waals surface area (Å²) in [5.41, 5.74) is 0. The molecule has 5 nitrogen and oxygen atoms in total. The fourth-order valence-electron chi connectivity index (χ4n) is 2.16. The van der Waals surface area contributed by atoms with Gasteiger partial charge in [-0.3, -0.25) is 9.59 Å². The van der Waals surface area contributed by atoms with Crippen LogP contribution >= 0.6 is 0 Å². The molecule has 1 saturated carbocycles. The number of aliphatic hydroxyl groups excluding tert-OH is 1. The molecule has 0 radical (unpaired) electrons. The van der Waals surface area contributed by atoms with E-state index < -0.39 is 11.9 Å². The fraction of sp³-hybridized carbons (Fsp3) is 0.867. The van der Waals surface area contributed by atoms with Gasteiger partial charge in [0.2, 0.25) is 0 Å². The minimum atomic E-state index is -0.759. The second kappa shape index (κ2) is 12.9. The lowest BCUT2D eigenvalue weighted by atomic mass is 9.98. The number of hydrogen-bond donors (Lipinski definition) is 3. The first kappa shape index (κ1) is 18.9. The topological polar surface area (TPSA) is 94.8 Å². The molecule has 0 bridgehead atoms. The highest BCUT2D eigenvalue weighted by Crippen LogP contribution is 2.16. The average Bonchev–Trinajstić information content (AvgIpc) is 2.38. The molecule has 118 valence electrons. The Bertz CT molecular complexity index is 241. The molecule has 0 aliphatic heterocycles. The number of unbranched alkanes of at least 4 members (excludes halogenated alkanes) is 4. The molecule has 0 amide bonds. The highest BCUT2D eigenvalue weighted by Gasteiger charge is 2.07. The highest BCUT2D eigenvalue weighted by molar-refractivity contribution is 5.66. The van der Waals surface area contributed by atoms with Gasteiger partial charge in [0, 0.05) is 12.8 Å². The lowest BCUT2D eigenvalue weighted by Gasteiger charge is -2.14. The van der Waals surface area contributed by atoms with E-state index in [-0.39, 0.29) is 18.9 Å². The van der Waals surface area contributed by atoms with Crippen LogP contribution in [0.4, 0.5) is 0 Å². The number of aliphatic hydroxyl groups is 1. The standard InChI is InChI=1S/C9H16O4.C6H12O/c10-8(11)6-4-2-1-3-5-7-9(12)13;7-6-4-2-1-3-5-6/h1-7H2,(H,10,11)(H,12,13);6-7H,1-5H2. The molecule has 0 aromatic heterocycles. The quantitative estimate of drug-likeness (QED) is 0.596. The third-order valence-corrected chi connectivity index (χ3v) is 3.36. The van der Waals surface area contributed by atoms with E-state index in [1.165, 1.54) is 19.3 Å². The third kappa shape index (κ3) is 15.0. The lowest BCUT2D eigenvalue weighted by molar-refractivity contribution is -0.138. The molecule has 0 unspecified atom stereocenters. The second-order valence-corrected chi connectivity index (χ2v) is 5.35. The predicted octanol–water partition coefficient (Wildman–Crippen LogP) is 3.20. The molecule has 0 aromatic rings. The maximum absolute atomic E-state index is 10.1. The van der Waals surface area contributed by atoms with Crippen molar-refractivity contribution >= 4 is 11.9 Å². The van der Waals surface area contributed by atoms with E-state index >= 15 is 0 Å². The van der Waals surface area contributed by atoms with Crippen molar-refractivity contribution < 1.29 is 24.9 Å². The van der Waals surface area contributed by atoms with Crippen LogP contribution in [0.3, 0.4) is 0 Å². The van der Waals surface area contributed by atoms with Crippen molar-refractivity contribution in [3.05, 3.63) is 0 Å². The average molecular weight is 288 g/mol. The van der Waals surface area contributed by atoms with Crippen molar-refractivity contribution in [3.63, 3.8) is 0 Å². The summed E-state index contributed by atoms with van der Waals surface area (Å²) in [6.45, 7) is 0. The first-order valence-corrected chi connectivity index (χ1v) is 7.64. The van der Waals surface area contributed by atoms with E-state index in [0.717, 1.165) is 32.1 Å². The fourth-order valence-corrected chi connectivity index (χ4v) is 2.16. The summed E-state index contributed by atoms with van der Waals surface area (Å²) in [6, 6.07) is 0. The molecule has 20 heavy (non-hydrogen) atoms. The van der Waals surface area contributed by atoms with E-state index in [2.05, 4.69) is 0 Å². The Morgan fingerprint density at radius 2 is 1.15 bits per heavy atom. The number of aliphatic carboxylic acids is 2. The number of hydrogen-bond acceptors (Lipinski definition) is 3. The molecular weight excluding hydrogens is 260 g/mol. The highest BCUT2D eigenvalue weighted by atomic mass is 16.4. The molecule has 1 rings (SSSR count). The Hall–Kier alpha value is -1.10. The predicted molar refractivity (Wildman–Crippen MR) is 76.7 cm³/mol. The first-order chi connectivity index (χ1) is 9.52. The van der Waals surface area contributed by atoms with Crippen LogP contribution in [0.15, 0.2) is 0 Å². The SMILES string of the molecule is O=C(O)CCCCCCCC(=O)O.OC1CCCCC1. The van der Waals surface area contributed by atoms with Gasteiger partial charge in [-0.2, -0.15) is 0 Å². The molecule has 0 saturated heterocycles. The normalized spacial score (nSPS) is 15.2. The smallest absolute Gasteiger partial charge is 0.303 e. The van der Waals surface area contributed by atoms with Crippen molar-refractivity contribution in [1.82, 2.24) is 0 Å². The zero-order chi connectivity index (χ0) is 15.2. The number of rotatable bonds is 8. The second-order valence-electron chi connectivity index (χ2n) is 5.35. The van der Waals surface area contributed by atoms with Crippen LogP contribution in [0.25, 0.3) is 0 Å². The number of carbonyl (C=O) groups is 2. The molecular formula is C15H28O5. The molecule has 1 aliphatic rings. The molecule has 1 fully saturated rings. The molecule has 1 aliphatic carbocycles. The van der Waals surface area contributed by atoms with Crippen LogP contribution in [-0.4, -0.2) is 33.4 Å². The Morgan fingerprint density at radius 1 is 0.750 bits per heavy atom. The van der Waals surface area contributed by atoms with Crippen LogP contribution in [0, 0.1) is 0 Å². The van der Waals surface area contributed by atoms with Crippen LogP contribution < -0.4 is 0 Å². The van der Waals surface area contributed by atoms with E-state index in [0.29, 0.717) is 12.8 Å². The van der Waals surface area contributed by atoms with Crippen LogP contribution in [-0.2, 0) is 9.59 Å². The zero-order valence-electron chi connectivity index (χ0n) is 12.2. The molecule has 0 spiro atoms. The summed E-state index contributed by atoms with van der Waals surface area (Å²) in [7, 11) is 0. The summed E-state index contributed by atoms with van der Waals surface area (Å²) >= 11 is 0. The Morgan fingerprint density at radius 3 is 1.45 bits per heavy atom. The van der Waals surface area contributed by atoms with Gasteiger partial charge in [0.1, 0.15) is 0 Å². The summed E-state index contributed by atoms with van der Waals surface area (Å²) in [5, 5.41) is 25.5. The van der Waals surface area contributed by atoms with Gasteiger partial charge >= 0.3 is 11.9 Å². The summed E-state index contributed by atoms with van der Waals surface area (Å²) < 4.78 is 0. The number of carboxylic acids is 2.